The molecule has 86 valence electrons. The Morgan fingerprint density at radius 2 is 2.33 bits per heavy atom. The van der Waals surface area contributed by atoms with E-state index in [9.17, 15) is 4.79 Å². The average Bonchev–Trinajstić information content (AvgIpc) is 2.77. The Morgan fingerprint density at radius 3 is 3.00 bits per heavy atom. The van der Waals surface area contributed by atoms with Crippen LogP contribution < -0.4 is 0 Å². The van der Waals surface area contributed by atoms with Crippen LogP contribution in [0.5, 0.6) is 0 Å². The Kier molecular flexibility index (Phi) is 3.59. The molecular formula is C11H19NO3. The van der Waals surface area contributed by atoms with Gasteiger partial charge in [0.05, 0.1) is 6.10 Å². The second-order valence-electron chi connectivity index (χ2n) is 4.65. The molecule has 15 heavy (non-hydrogen) atoms. The number of rotatable bonds is 4. The molecule has 0 spiro atoms. The minimum Gasteiger partial charge on any atom is -0.481 e. The van der Waals surface area contributed by atoms with Crippen LogP contribution in [0.2, 0.25) is 0 Å². The molecule has 0 aromatic rings. The third-order valence-electron chi connectivity index (χ3n) is 3.32. The minimum atomic E-state index is -0.668. The van der Waals surface area contributed by atoms with Crippen molar-refractivity contribution in [3.05, 3.63) is 0 Å². The molecule has 0 aromatic heterocycles. The van der Waals surface area contributed by atoms with E-state index in [-0.39, 0.29) is 0 Å². The summed E-state index contributed by atoms with van der Waals surface area (Å²) in [5, 5.41) is 8.70. The molecule has 0 saturated carbocycles. The molecule has 2 rings (SSSR count). The highest BCUT2D eigenvalue weighted by molar-refractivity contribution is 5.67. The summed E-state index contributed by atoms with van der Waals surface area (Å²) in [5.41, 5.74) is 0. The van der Waals surface area contributed by atoms with Gasteiger partial charge in [-0.3, -0.25) is 4.79 Å². The molecule has 4 nitrogen and oxygen atoms in total. The maximum Gasteiger partial charge on any atom is 0.303 e. The summed E-state index contributed by atoms with van der Waals surface area (Å²) in [6, 6.07) is 0. The number of carbonyl (C=O) groups is 1. The van der Waals surface area contributed by atoms with Crippen LogP contribution in [0.25, 0.3) is 0 Å². The average molecular weight is 213 g/mol. The SMILES string of the molecule is O=C(O)C[C@H]1CCN(C[C@@H]2CCCO2)C1. The van der Waals surface area contributed by atoms with Gasteiger partial charge in [-0.05, 0) is 31.7 Å². The van der Waals surface area contributed by atoms with Gasteiger partial charge in [0.1, 0.15) is 0 Å². The van der Waals surface area contributed by atoms with E-state index in [1.54, 1.807) is 0 Å². The molecule has 0 aliphatic carbocycles. The van der Waals surface area contributed by atoms with Crippen molar-refractivity contribution in [2.45, 2.75) is 31.8 Å². The zero-order chi connectivity index (χ0) is 10.7. The first-order valence-electron chi connectivity index (χ1n) is 5.80. The van der Waals surface area contributed by atoms with E-state index in [1.165, 1.54) is 12.8 Å². The lowest BCUT2D eigenvalue weighted by atomic mass is 10.1. The molecule has 4 heteroatoms. The lowest BCUT2D eigenvalue weighted by Crippen LogP contribution is -2.30. The first kappa shape index (κ1) is 10.9. The summed E-state index contributed by atoms with van der Waals surface area (Å²) in [5.74, 6) is -0.317. The van der Waals surface area contributed by atoms with Crippen LogP contribution in [0.1, 0.15) is 25.7 Å². The van der Waals surface area contributed by atoms with Gasteiger partial charge in [-0.1, -0.05) is 0 Å². The van der Waals surface area contributed by atoms with E-state index in [4.69, 9.17) is 9.84 Å². The fourth-order valence-electron chi connectivity index (χ4n) is 2.57. The van der Waals surface area contributed by atoms with Crippen molar-refractivity contribution >= 4 is 5.97 Å². The predicted octanol–water partition coefficient (Wildman–Crippen LogP) is 0.962. The Morgan fingerprint density at radius 1 is 1.47 bits per heavy atom. The monoisotopic (exact) mass is 213 g/mol. The van der Waals surface area contributed by atoms with Crippen LogP contribution in [-0.2, 0) is 9.53 Å². The van der Waals surface area contributed by atoms with Gasteiger partial charge in [0.25, 0.3) is 0 Å². The number of carboxylic acid groups (broad SMARTS) is 1. The highest BCUT2D eigenvalue weighted by Crippen LogP contribution is 2.22. The molecular weight excluding hydrogens is 194 g/mol. The van der Waals surface area contributed by atoms with Crippen LogP contribution in [0.15, 0.2) is 0 Å². The van der Waals surface area contributed by atoms with Crippen LogP contribution in [0.3, 0.4) is 0 Å². The molecule has 2 heterocycles. The Bertz CT molecular complexity index is 226. The van der Waals surface area contributed by atoms with Gasteiger partial charge in [0.15, 0.2) is 0 Å². The molecule has 2 atom stereocenters. The first-order chi connectivity index (χ1) is 7.24. The topological polar surface area (TPSA) is 49.8 Å². The fraction of sp³-hybridized carbons (Fsp3) is 0.909. The molecule has 2 saturated heterocycles. The van der Waals surface area contributed by atoms with Crippen molar-refractivity contribution in [3.63, 3.8) is 0 Å². The summed E-state index contributed by atoms with van der Waals surface area (Å²) in [6.07, 6.45) is 4.09. The molecule has 0 radical (unpaired) electrons. The standard InChI is InChI=1S/C11H19NO3/c13-11(14)6-9-3-4-12(7-9)8-10-2-1-5-15-10/h9-10H,1-8H2,(H,13,14)/t9-,10+/m1/s1. The molecule has 0 bridgehead atoms. The number of likely N-dealkylation sites (tertiary alicyclic amines) is 1. The van der Waals surface area contributed by atoms with Gasteiger partial charge < -0.3 is 14.7 Å². The maximum atomic E-state index is 10.6. The van der Waals surface area contributed by atoms with Gasteiger partial charge in [0, 0.05) is 26.1 Å². The maximum absolute atomic E-state index is 10.6. The number of hydrogen-bond acceptors (Lipinski definition) is 3. The van der Waals surface area contributed by atoms with E-state index in [1.807, 2.05) is 0 Å². The van der Waals surface area contributed by atoms with Crippen LogP contribution in [0.4, 0.5) is 0 Å². The normalized spacial score (nSPS) is 32.3. The van der Waals surface area contributed by atoms with Gasteiger partial charge in [0.2, 0.25) is 0 Å². The van der Waals surface area contributed by atoms with Gasteiger partial charge in [-0.15, -0.1) is 0 Å². The summed E-state index contributed by atoms with van der Waals surface area (Å²) < 4.78 is 5.57. The quantitative estimate of drug-likeness (QED) is 0.755. The summed E-state index contributed by atoms with van der Waals surface area (Å²) in [4.78, 5) is 12.9. The summed E-state index contributed by atoms with van der Waals surface area (Å²) >= 11 is 0. The van der Waals surface area contributed by atoms with E-state index in [0.29, 0.717) is 18.4 Å². The number of nitrogens with zero attached hydrogens (tertiary/aromatic N) is 1. The van der Waals surface area contributed by atoms with Crippen molar-refractivity contribution < 1.29 is 14.6 Å². The predicted molar refractivity (Wildman–Crippen MR) is 55.8 cm³/mol. The Balaban J connectivity index is 1.70. The highest BCUT2D eigenvalue weighted by Gasteiger charge is 2.27. The second-order valence-corrected chi connectivity index (χ2v) is 4.65. The lowest BCUT2D eigenvalue weighted by molar-refractivity contribution is -0.138. The number of ether oxygens (including phenoxy) is 1. The minimum absolute atomic E-state index is 0.321. The van der Waals surface area contributed by atoms with Gasteiger partial charge >= 0.3 is 5.97 Å². The van der Waals surface area contributed by atoms with Crippen LogP contribution in [-0.4, -0.2) is 48.3 Å². The fourth-order valence-corrected chi connectivity index (χ4v) is 2.57. The summed E-state index contributed by atoms with van der Waals surface area (Å²) in [7, 11) is 0. The molecule has 2 fully saturated rings. The van der Waals surface area contributed by atoms with Crippen molar-refractivity contribution in [3.8, 4) is 0 Å². The molecule has 1 N–H and O–H groups in total. The second kappa shape index (κ2) is 4.94. The van der Waals surface area contributed by atoms with Crippen molar-refractivity contribution in [2.75, 3.05) is 26.2 Å². The van der Waals surface area contributed by atoms with Crippen molar-refractivity contribution in [1.82, 2.24) is 4.90 Å². The largest absolute Gasteiger partial charge is 0.481 e. The third kappa shape index (κ3) is 3.18. The number of carboxylic acids is 1. The van der Waals surface area contributed by atoms with Crippen molar-refractivity contribution in [1.29, 1.82) is 0 Å². The van der Waals surface area contributed by atoms with E-state index in [2.05, 4.69) is 4.90 Å². The smallest absolute Gasteiger partial charge is 0.303 e. The lowest BCUT2D eigenvalue weighted by Gasteiger charge is -2.19. The third-order valence-corrected chi connectivity index (χ3v) is 3.32. The zero-order valence-corrected chi connectivity index (χ0v) is 9.02. The van der Waals surface area contributed by atoms with Gasteiger partial charge in [-0.2, -0.15) is 0 Å². The highest BCUT2D eigenvalue weighted by atomic mass is 16.5. The molecule has 0 amide bonds. The van der Waals surface area contributed by atoms with E-state index in [0.717, 1.165) is 32.7 Å². The number of aliphatic carboxylic acids is 1. The molecule has 0 unspecified atom stereocenters. The summed E-state index contributed by atoms with van der Waals surface area (Å²) in [6.45, 7) is 3.87. The Hall–Kier alpha value is -0.610. The molecule has 2 aliphatic rings. The van der Waals surface area contributed by atoms with E-state index < -0.39 is 5.97 Å². The first-order valence-corrected chi connectivity index (χ1v) is 5.80. The number of hydrogen-bond donors (Lipinski definition) is 1. The van der Waals surface area contributed by atoms with Crippen molar-refractivity contribution in [2.24, 2.45) is 5.92 Å². The van der Waals surface area contributed by atoms with E-state index >= 15 is 0 Å². The molecule has 2 aliphatic heterocycles. The Labute approximate surface area is 90.2 Å². The van der Waals surface area contributed by atoms with Crippen LogP contribution in [0, 0.1) is 5.92 Å². The zero-order valence-electron chi connectivity index (χ0n) is 9.02. The van der Waals surface area contributed by atoms with Gasteiger partial charge in [-0.25, -0.2) is 0 Å². The molecule has 0 aromatic carbocycles. The van der Waals surface area contributed by atoms with Crippen LogP contribution >= 0.6 is 0 Å².